The Morgan fingerprint density at radius 1 is 1.47 bits per heavy atom. The van der Waals surface area contributed by atoms with Crippen molar-refractivity contribution in [3.63, 3.8) is 0 Å². The first-order chi connectivity index (χ1) is 8.27. The van der Waals surface area contributed by atoms with Crippen molar-refractivity contribution in [3.05, 3.63) is 36.0 Å². The summed E-state index contributed by atoms with van der Waals surface area (Å²) in [5.41, 5.74) is 7.58. The highest BCUT2D eigenvalue weighted by Crippen LogP contribution is 2.25. The number of hydrogen-bond donors (Lipinski definition) is 2. The molecule has 4 heteroatoms. The Hall–Kier alpha value is -1.81. The number of nitrogens with two attached hydrogens (primary N) is 1. The molecule has 0 radical (unpaired) electrons. The van der Waals surface area contributed by atoms with Gasteiger partial charge in [-0.05, 0) is 18.6 Å². The summed E-state index contributed by atoms with van der Waals surface area (Å²) < 4.78 is 5.03. The zero-order valence-corrected chi connectivity index (χ0v) is 9.77. The average molecular weight is 232 g/mol. The van der Waals surface area contributed by atoms with E-state index in [0.29, 0.717) is 6.61 Å². The molecule has 1 aromatic heterocycles. The smallest absolute Gasteiger partial charge is 0.314 e. The van der Waals surface area contributed by atoms with Crippen molar-refractivity contribution in [2.75, 3.05) is 13.2 Å². The molecule has 1 atom stereocenters. The molecule has 90 valence electrons. The minimum absolute atomic E-state index is 0.251. The summed E-state index contributed by atoms with van der Waals surface area (Å²) in [6.45, 7) is 2.42. The van der Waals surface area contributed by atoms with Gasteiger partial charge in [-0.15, -0.1) is 0 Å². The standard InChI is InChI=1S/C13H16N2O2/c1-2-17-13(16)10(7-14)11-8-15-12-6-4-3-5-9(11)12/h3-6,8,10,15H,2,7,14H2,1H3/t10-/m1/s1. The molecule has 0 aliphatic carbocycles. The number of carbonyl (C=O) groups excluding carboxylic acids is 1. The SMILES string of the molecule is CCOC(=O)[C@H](CN)c1c[nH]c2ccccc12. The number of rotatable bonds is 4. The fraction of sp³-hybridized carbons (Fsp3) is 0.308. The Morgan fingerprint density at radius 2 is 2.24 bits per heavy atom. The Bertz CT molecular complexity index is 519. The van der Waals surface area contributed by atoms with Crippen molar-refractivity contribution >= 4 is 16.9 Å². The van der Waals surface area contributed by atoms with E-state index in [1.54, 1.807) is 6.92 Å². The highest BCUT2D eigenvalue weighted by Gasteiger charge is 2.23. The van der Waals surface area contributed by atoms with E-state index in [1.165, 1.54) is 0 Å². The van der Waals surface area contributed by atoms with Crippen molar-refractivity contribution in [2.24, 2.45) is 5.73 Å². The van der Waals surface area contributed by atoms with Gasteiger partial charge in [-0.2, -0.15) is 0 Å². The minimum atomic E-state index is -0.397. The number of carbonyl (C=O) groups is 1. The maximum Gasteiger partial charge on any atom is 0.314 e. The quantitative estimate of drug-likeness (QED) is 0.789. The number of benzene rings is 1. The third-order valence-corrected chi connectivity index (χ3v) is 2.80. The monoisotopic (exact) mass is 232 g/mol. The van der Waals surface area contributed by atoms with E-state index in [1.807, 2.05) is 30.5 Å². The number of aromatic nitrogens is 1. The molecule has 2 rings (SSSR count). The summed E-state index contributed by atoms with van der Waals surface area (Å²) in [6, 6.07) is 7.84. The second-order valence-electron chi connectivity index (χ2n) is 3.83. The van der Waals surface area contributed by atoms with Gasteiger partial charge in [0.1, 0.15) is 0 Å². The van der Waals surface area contributed by atoms with Crippen molar-refractivity contribution < 1.29 is 9.53 Å². The van der Waals surface area contributed by atoms with Crippen LogP contribution in [0.15, 0.2) is 30.5 Å². The molecule has 0 aliphatic rings. The second-order valence-corrected chi connectivity index (χ2v) is 3.83. The predicted molar refractivity (Wildman–Crippen MR) is 66.7 cm³/mol. The molecule has 0 unspecified atom stereocenters. The van der Waals surface area contributed by atoms with E-state index in [9.17, 15) is 4.79 Å². The van der Waals surface area contributed by atoms with Crippen LogP contribution < -0.4 is 5.73 Å². The Morgan fingerprint density at radius 3 is 2.94 bits per heavy atom. The van der Waals surface area contributed by atoms with Crippen LogP contribution in [0, 0.1) is 0 Å². The summed E-state index contributed by atoms with van der Waals surface area (Å²) in [6.07, 6.45) is 1.83. The molecule has 2 aromatic rings. The highest BCUT2D eigenvalue weighted by atomic mass is 16.5. The molecule has 0 saturated heterocycles. The van der Waals surface area contributed by atoms with Crippen LogP contribution in [0.2, 0.25) is 0 Å². The molecule has 4 nitrogen and oxygen atoms in total. The van der Waals surface area contributed by atoms with Gasteiger partial charge < -0.3 is 15.5 Å². The van der Waals surface area contributed by atoms with Gasteiger partial charge in [-0.3, -0.25) is 4.79 Å². The molecule has 0 spiro atoms. The Labute approximate surface area is 99.8 Å². The number of esters is 1. The molecule has 0 bridgehead atoms. The van der Waals surface area contributed by atoms with Gasteiger partial charge in [0.15, 0.2) is 0 Å². The van der Waals surface area contributed by atoms with Crippen molar-refractivity contribution in [3.8, 4) is 0 Å². The highest BCUT2D eigenvalue weighted by molar-refractivity contribution is 5.90. The summed E-state index contributed by atoms with van der Waals surface area (Å²) in [5.74, 6) is -0.661. The van der Waals surface area contributed by atoms with Gasteiger partial charge in [0.05, 0.1) is 12.5 Å². The fourth-order valence-electron chi connectivity index (χ4n) is 1.98. The number of ether oxygens (including phenoxy) is 1. The summed E-state index contributed by atoms with van der Waals surface area (Å²) in [5, 5.41) is 1.02. The van der Waals surface area contributed by atoms with E-state index in [4.69, 9.17) is 10.5 Å². The first kappa shape index (κ1) is 11.7. The predicted octanol–water partition coefficient (Wildman–Crippen LogP) is 1.77. The molecule has 0 fully saturated rings. The van der Waals surface area contributed by atoms with Crippen LogP contribution in [0.3, 0.4) is 0 Å². The van der Waals surface area contributed by atoms with Crippen molar-refractivity contribution in [2.45, 2.75) is 12.8 Å². The van der Waals surface area contributed by atoms with Crippen LogP contribution in [-0.4, -0.2) is 24.1 Å². The van der Waals surface area contributed by atoms with Crippen LogP contribution >= 0.6 is 0 Å². The number of hydrogen-bond acceptors (Lipinski definition) is 3. The largest absolute Gasteiger partial charge is 0.465 e. The van der Waals surface area contributed by atoms with Crippen molar-refractivity contribution in [1.29, 1.82) is 0 Å². The Kier molecular flexibility index (Phi) is 3.44. The number of para-hydroxylation sites is 1. The fourth-order valence-corrected chi connectivity index (χ4v) is 1.98. The minimum Gasteiger partial charge on any atom is -0.465 e. The van der Waals surface area contributed by atoms with E-state index in [2.05, 4.69) is 4.98 Å². The summed E-state index contributed by atoms with van der Waals surface area (Å²) in [4.78, 5) is 14.9. The van der Waals surface area contributed by atoms with Crippen molar-refractivity contribution in [1.82, 2.24) is 4.98 Å². The lowest BCUT2D eigenvalue weighted by Crippen LogP contribution is -2.23. The van der Waals surface area contributed by atoms with E-state index in [0.717, 1.165) is 16.5 Å². The first-order valence-electron chi connectivity index (χ1n) is 5.70. The molecular formula is C13H16N2O2. The third-order valence-electron chi connectivity index (χ3n) is 2.80. The van der Waals surface area contributed by atoms with Crippen LogP contribution in [-0.2, 0) is 9.53 Å². The molecule has 17 heavy (non-hydrogen) atoms. The number of nitrogens with one attached hydrogen (secondary N) is 1. The zero-order chi connectivity index (χ0) is 12.3. The first-order valence-corrected chi connectivity index (χ1v) is 5.70. The maximum atomic E-state index is 11.8. The van der Waals surface area contributed by atoms with Gasteiger partial charge in [-0.1, -0.05) is 18.2 Å². The van der Waals surface area contributed by atoms with E-state index in [-0.39, 0.29) is 12.5 Å². The normalized spacial score (nSPS) is 12.6. The van der Waals surface area contributed by atoms with E-state index < -0.39 is 5.92 Å². The van der Waals surface area contributed by atoms with Crippen LogP contribution in [0.1, 0.15) is 18.4 Å². The zero-order valence-electron chi connectivity index (χ0n) is 9.77. The number of fused-ring (bicyclic) bond motifs is 1. The lowest BCUT2D eigenvalue weighted by atomic mass is 9.99. The number of aromatic amines is 1. The molecular weight excluding hydrogens is 216 g/mol. The summed E-state index contributed by atoms with van der Waals surface area (Å²) in [7, 11) is 0. The molecule has 3 N–H and O–H groups in total. The summed E-state index contributed by atoms with van der Waals surface area (Å²) >= 11 is 0. The van der Waals surface area contributed by atoms with Gasteiger partial charge >= 0.3 is 5.97 Å². The van der Waals surface area contributed by atoms with Gasteiger partial charge in [0.25, 0.3) is 0 Å². The van der Waals surface area contributed by atoms with Gasteiger partial charge in [0, 0.05) is 23.6 Å². The van der Waals surface area contributed by atoms with Crippen LogP contribution in [0.25, 0.3) is 10.9 Å². The van der Waals surface area contributed by atoms with Crippen LogP contribution in [0.4, 0.5) is 0 Å². The third kappa shape index (κ3) is 2.17. The second kappa shape index (κ2) is 5.01. The molecule has 0 aliphatic heterocycles. The average Bonchev–Trinajstić information content (AvgIpc) is 2.75. The molecule has 1 aromatic carbocycles. The Balaban J connectivity index is 2.40. The van der Waals surface area contributed by atoms with Crippen LogP contribution in [0.5, 0.6) is 0 Å². The maximum absolute atomic E-state index is 11.8. The molecule has 1 heterocycles. The topological polar surface area (TPSA) is 68.1 Å². The lowest BCUT2D eigenvalue weighted by molar-refractivity contribution is -0.144. The van der Waals surface area contributed by atoms with E-state index >= 15 is 0 Å². The van der Waals surface area contributed by atoms with Gasteiger partial charge in [0.2, 0.25) is 0 Å². The number of H-pyrrole nitrogens is 1. The molecule has 0 saturated carbocycles. The molecule has 0 amide bonds. The van der Waals surface area contributed by atoms with Gasteiger partial charge in [-0.25, -0.2) is 0 Å². The lowest BCUT2D eigenvalue weighted by Gasteiger charge is -2.12.